The summed E-state index contributed by atoms with van der Waals surface area (Å²) >= 11 is 0. The number of Topliss-reactive ketones (excluding diaryl/α,β-unsaturated/α-hetero) is 1. The minimum absolute atomic E-state index is 0.00338. The van der Waals surface area contributed by atoms with Crippen molar-refractivity contribution in [2.45, 2.75) is 19.9 Å². The zero-order chi connectivity index (χ0) is 26.8. The normalized spacial score (nSPS) is 16.5. The molecule has 1 amide bonds. The van der Waals surface area contributed by atoms with Gasteiger partial charge in [-0.1, -0.05) is 18.2 Å². The third-order valence-corrected chi connectivity index (χ3v) is 6.47. The second-order valence-electron chi connectivity index (χ2n) is 9.05. The van der Waals surface area contributed by atoms with Crippen molar-refractivity contribution in [3.63, 3.8) is 0 Å². The molecule has 190 valence electrons. The van der Waals surface area contributed by atoms with Gasteiger partial charge < -0.3 is 14.6 Å². The SMILES string of the molecule is COc1ccc(/C(O)=C2/C(=O)C(=O)N(c3ccc(Oc4cccc(C)c4)cc3)C2c2cccnc2)c(C)c1. The van der Waals surface area contributed by atoms with Gasteiger partial charge in [0.2, 0.25) is 0 Å². The number of rotatable bonds is 6. The molecule has 0 aliphatic carbocycles. The number of hydrogen-bond donors (Lipinski definition) is 1. The van der Waals surface area contributed by atoms with E-state index >= 15 is 0 Å². The summed E-state index contributed by atoms with van der Waals surface area (Å²) in [5.41, 5.74) is 3.31. The Morgan fingerprint density at radius 2 is 1.66 bits per heavy atom. The van der Waals surface area contributed by atoms with Crippen molar-refractivity contribution in [1.29, 1.82) is 0 Å². The van der Waals surface area contributed by atoms with Gasteiger partial charge in [-0.25, -0.2) is 0 Å². The van der Waals surface area contributed by atoms with E-state index in [4.69, 9.17) is 9.47 Å². The fourth-order valence-electron chi connectivity index (χ4n) is 4.62. The summed E-state index contributed by atoms with van der Waals surface area (Å²) in [6.07, 6.45) is 3.20. The molecule has 1 unspecified atom stereocenters. The Labute approximate surface area is 220 Å². The van der Waals surface area contributed by atoms with Crippen molar-refractivity contribution in [2.24, 2.45) is 0 Å². The number of benzene rings is 3. The number of aliphatic hydroxyl groups excluding tert-OH is 1. The van der Waals surface area contributed by atoms with Crippen molar-refractivity contribution < 1.29 is 24.2 Å². The summed E-state index contributed by atoms with van der Waals surface area (Å²) in [6.45, 7) is 3.79. The highest BCUT2D eigenvalue weighted by Crippen LogP contribution is 2.43. The van der Waals surface area contributed by atoms with Gasteiger partial charge in [-0.05, 0) is 91.2 Å². The van der Waals surface area contributed by atoms with Crippen LogP contribution < -0.4 is 14.4 Å². The van der Waals surface area contributed by atoms with Crippen molar-refractivity contribution in [3.05, 3.63) is 119 Å². The smallest absolute Gasteiger partial charge is 0.300 e. The van der Waals surface area contributed by atoms with Crippen molar-refractivity contribution in [1.82, 2.24) is 4.98 Å². The molecule has 38 heavy (non-hydrogen) atoms. The van der Waals surface area contributed by atoms with E-state index in [0.717, 1.165) is 5.56 Å². The molecule has 3 aromatic carbocycles. The largest absolute Gasteiger partial charge is 0.507 e. The van der Waals surface area contributed by atoms with Crippen LogP contribution in [0.2, 0.25) is 0 Å². The Morgan fingerprint density at radius 1 is 0.895 bits per heavy atom. The van der Waals surface area contributed by atoms with Gasteiger partial charge in [0, 0.05) is 23.6 Å². The zero-order valence-corrected chi connectivity index (χ0v) is 21.2. The molecule has 7 heteroatoms. The minimum atomic E-state index is -0.867. The number of pyridine rings is 1. The molecule has 1 N–H and O–H groups in total. The second-order valence-corrected chi connectivity index (χ2v) is 9.05. The number of aliphatic hydroxyl groups is 1. The molecule has 7 nitrogen and oxygen atoms in total. The lowest BCUT2D eigenvalue weighted by atomic mass is 9.94. The predicted octanol–water partition coefficient (Wildman–Crippen LogP) is 6.13. The van der Waals surface area contributed by atoms with E-state index < -0.39 is 17.7 Å². The number of amides is 1. The predicted molar refractivity (Wildman–Crippen MR) is 144 cm³/mol. The van der Waals surface area contributed by atoms with Crippen LogP contribution in [0.3, 0.4) is 0 Å². The summed E-state index contributed by atoms with van der Waals surface area (Å²) < 4.78 is 11.2. The zero-order valence-electron chi connectivity index (χ0n) is 21.2. The van der Waals surface area contributed by atoms with Gasteiger partial charge in [0.05, 0.1) is 18.7 Å². The third-order valence-electron chi connectivity index (χ3n) is 6.47. The number of nitrogens with zero attached hydrogens (tertiary/aromatic N) is 2. The number of methoxy groups -OCH3 is 1. The minimum Gasteiger partial charge on any atom is -0.507 e. The van der Waals surface area contributed by atoms with E-state index in [-0.39, 0.29) is 11.3 Å². The molecule has 0 spiro atoms. The number of aryl methyl sites for hydroxylation is 2. The van der Waals surface area contributed by atoms with Crippen molar-refractivity contribution in [3.8, 4) is 17.2 Å². The van der Waals surface area contributed by atoms with Crippen molar-refractivity contribution in [2.75, 3.05) is 12.0 Å². The summed E-state index contributed by atoms with van der Waals surface area (Å²) in [4.78, 5) is 32.4. The van der Waals surface area contributed by atoms with Crippen LogP contribution in [0.5, 0.6) is 17.2 Å². The fraction of sp³-hybridized carbons (Fsp3) is 0.129. The molecule has 1 atom stereocenters. The van der Waals surface area contributed by atoms with Gasteiger partial charge in [-0.2, -0.15) is 0 Å². The van der Waals surface area contributed by atoms with E-state index in [1.54, 1.807) is 81.0 Å². The second kappa shape index (κ2) is 10.2. The fourth-order valence-corrected chi connectivity index (χ4v) is 4.62. The number of carbonyl (C=O) groups excluding carboxylic acids is 2. The molecule has 4 aromatic rings. The van der Waals surface area contributed by atoms with Gasteiger partial charge in [0.25, 0.3) is 11.7 Å². The van der Waals surface area contributed by atoms with E-state index in [2.05, 4.69) is 4.98 Å². The summed E-state index contributed by atoms with van der Waals surface area (Å²) in [6, 6.07) is 22.4. The number of aromatic nitrogens is 1. The lowest BCUT2D eigenvalue weighted by molar-refractivity contribution is -0.132. The molecule has 1 aliphatic rings. The van der Waals surface area contributed by atoms with Gasteiger partial charge >= 0.3 is 0 Å². The lowest BCUT2D eigenvalue weighted by Crippen LogP contribution is -2.29. The number of carbonyl (C=O) groups is 2. The Balaban J connectivity index is 1.57. The Morgan fingerprint density at radius 3 is 2.32 bits per heavy atom. The summed E-state index contributed by atoms with van der Waals surface area (Å²) in [5, 5.41) is 11.4. The molecule has 0 bridgehead atoms. The Kier molecular flexibility index (Phi) is 6.66. The van der Waals surface area contributed by atoms with Crippen LogP contribution in [0, 0.1) is 13.8 Å². The van der Waals surface area contributed by atoms with E-state index in [0.29, 0.717) is 39.6 Å². The number of anilines is 1. The van der Waals surface area contributed by atoms with Gasteiger partial charge in [0.1, 0.15) is 23.0 Å². The topological polar surface area (TPSA) is 89.0 Å². The first-order valence-electron chi connectivity index (χ1n) is 12.1. The first-order chi connectivity index (χ1) is 18.4. The quantitative estimate of drug-likeness (QED) is 0.192. The highest BCUT2D eigenvalue weighted by Gasteiger charge is 2.47. The molecule has 0 radical (unpaired) electrons. The molecule has 1 aromatic heterocycles. The van der Waals surface area contributed by atoms with Crippen LogP contribution in [0.1, 0.15) is 28.3 Å². The van der Waals surface area contributed by atoms with Gasteiger partial charge in [-0.15, -0.1) is 0 Å². The first kappa shape index (κ1) is 24.8. The van der Waals surface area contributed by atoms with Crippen LogP contribution in [0.15, 0.2) is 96.8 Å². The van der Waals surface area contributed by atoms with Crippen LogP contribution in [-0.4, -0.2) is 28.9 Å². The van der Waals surface area contributed by atoms with Crippen LogP contribution in [-0.2, 0) is 9.59 Å². The molecule has 2 heterocycles. The summed E-state index contributed by atoms with van der Waals surface area (Å²) in [7, 11) is 1.56. The van der Waals surface area contributed by atoms with Crippen LogP contribution in [0.25, 0.3) is 5.76 Å². The van der Waals surface area contributed by atoms with Crippen LogP contribution in [0.4, 0.5) is 5.69 Å². The average molecular weight is 507 g/mol. The molecule has 5 rings (SSSR count). The standard InChI is InChI=1S/C31H26N2O5/c1-19-6-4-8-25(16-19)38-23-11-9-22(10-12-23)33-28(21-7-5-15-32-18-21)27(30(35)31(33)36)29(34)26-14-13-24(37-3)17-20(26)2/h4-18,28,34H,1-3H3/b29-27-. The van der Waals surface area contributed by atoms with E-state index in [1.807, 2.05) is 31.2 Å². The van der Waals surface area contributed by atoms with E-state index in [9.17, 15) is 14.7 Å². The van der Waals surface area contributed by atoms with Crippen LogP contribution >= 0.6 is 0 Å². The average Bonchev–Trinajstić information content (AvgIpc) is 3.19. The lowest BCUT2D eigenvalue weighted by Gasteiger charge is -2.25. The Bertz CT molecular complexity index is 1540. The van der Waals surface area contributed by atoms with Crippen molar-refractivity contribution >= 4 is 23.1 Å². The molecule has 1 aliphatic heterocycles. The highest BCUT2D eigenvalue weighted by atomic mass is 16.5. The monoisotopic (exact) mass is 506 g/mol. The number of ether oxygens (including phenoxy) is 2. The molecular formula is C31H26N2O5. The molecular weight excluding hydrogens is 480 g/mol. The third kappa shape index (κ3) is 4.62. The Hall–Kier alpha value is -4.91. The van der Waals surface area contributed by atoms with Gasteiger partial charge in [0.15, 0.2) is 0 Å². The maximum Gasteiger partial charge on any atom is 0.300 e. The maximum absolute atomic E-state index is 13.4. The van der Waals surface area contributed by atoms with E-state index in [1.165, 1.54) is 4.90 Å². The molecule has 1 fully saturated rings. The van der Waals surface area contributed by atoms with Gasteiger partial charge in [-0.3, -0.25) is 19.5 Å². The molecule has 1 saturated heterocycles. The number of hydrogen-bond acceptors (Lipinski definition) is 6. The maximum atomic E-state index is 13.4. The summed E-state index contributed by atoms with van der Waals surface area (Å²) in [5.74, 6) is 0.146. The molecule has 0 saturated carbocycles. The first-order valence-corrected chi connectivity index (χ1v) is 12.1. The highest BCUT2D eigenvalue weighted by molar-refractivity contribution is 6.51. The number of ketones is 1.